The van der Waals surface area contributed by atoms with Crippen LogP contribution in [0.1, 0.15) is 0 Å². The van der Waals surface area contributed by atoms with E-state index in [0.29, 0.717) is 0 Å². The highest BCUT2D eigenvalue weighted by Gasteiger charge is 2.17. The van der Waals surface area contributed by atoms with Gasteiger partial charge >= 0.3 is 0 Å². The van der Waals surface area contributed by atoms with E-state index >= 15 is 0 Å². The average Bonchev–Trinajstić information content (AvgIpc) is 3.14. The zero-order valence-electron chi connectivity index (χ0n) is 14.8. The summed E-state index contributed by atoms with van der Waals surface area (Å²) in [5, 5.41) is 0.787. The van der Waals surface area contributed by atoms with Gasteiger partial charge in [-0.1, -0.05) is 12.1 Å². The van der Waals surface area contributed by atoms with E-state index in [0.717, 1.165) is 32.3 Å². The van der Waals surface area contributed by atoms with E-state index in [1.165, 1.54) is 29.7 Å². The molecular formula is C21H15FN2O2S2. The maximum Gasteiger partial charge on any atom is 0.175 e. The molecule has 2 aromatic carbocycles. The maximum absolute atomic E-state index is 13.4. The van der Waals surface area contributed by atoms with Crippen LogP contribution in [-0.4, -0.2) is 24.6 Å². The zero-order valence-corrected chi connectivity index (χ0v) is 16.5. The molecule has 4 rings (SSSR count). The number of aromatic nitrogens is 2. The van der Waals surface area contributed by atoms with E-state index in [1.807, 2.05) is 12.1 Å². The van der Waals surface area contributed by atoms with Gasteiger partial charge in [0.25, 0.3) is 0 Å². The Hall–Kier alpha value is -2.90. The van der Waals surface area contributed by atoms with Gasteiger partial charge in [-0.3, -0.25) is 4.98 Å². The molecule has 4 aromatic rings. The summed E-state index contributed by atoms with van der Waals surface area (Å²) in [5.74, 6) is -0.314. The van der Waals surface area contributed by atoms with Crippen molar-refractivity contribution < 1.29 is 12.8 Å². The summed E-state index contributed by atoms with van der Waals surface area (Å²) < 4.78 is 36.8. The number of benzene rings is 2. The van der Waals surface area contributed by atoms with Crippen molar-refractivity contribution in [2.45, 2.75) is 4.90 Å². The van der Waals surface area contributed by atoms with Crippen molar-refractivity contribution in [3.05, 3.63) is 78.9 Å². The lowest BCUT2D eigenvalue weighted by Crippen LogP contribution is -1.96. The third kappa shape index (κ3) is 3.72. The van der Waals surface area contributed by atoms with Crippen LogP contribution < -0.4 is 0 Å². The third-order valence-corrected chi connectivity index (χ3v) is 6.48. The molecule has 140 valence electrons. The first kappa shape index (κ1) is 18.5. The first-order valence-corrected chi connectivity index (χ1v) is 11.1. The van der Waals surface area contributed by atoms with Crippen LogP contribution in [-0.2, 0) is 9.84 Å². The molecule has 28 heavy (non-hydrogen) atoms. The molecule has 0 unspecified atom stereocenters. The van der Waals surface area contributed by atoms with Crippen LogP contribution in [0.3, 0.4) is 0 Å². The van der Waals surface area contributed by atoms with E-state index in [-0.39, 0.29) is 10.7 Å². The van der Waals surface area contributed by atoms with Gasteiger partial charge in [-0.25, -0.2) is 17.8 Å². The molecule has 0 aliphatic rings. The number of hydrogen-bond acceptors (Lipinski definition) is 5. The van der Waals surface area contributed by atoms with Gasteiger partial charge in [0.1, 0.15) is 10.8 Å². The summed E-state index contributed by atoms with van der Waals surface area (Å²) in [6.45, 7) is 0. The van der Waals surface area contributed by atoms with Crippen LogP contribution in [0.2, 0.25) is 0 Å². The summed E-state index contributed by atoms with van der Waals surface area (Å²) in [6, 6.07) is 16.6. The van der Waals surface area contributed by atoms with Crippen molar-refractivity contribution in [1.82, 2.24) is 9.97 Å². The van der Waals surface area contributed by atoms with Crippen LogP contribution in [0.25, 0.3) is 32.3 Å². The van der Waals surface area contributed by atoms with Gasteiger partial charge in [-0.15, -0.1) is 11.3 Å². The van der Waals surface area contributed by atoms with E-state index in [2.05, 4.69) is 4.98 Å². The highest BCUT2D eigenvalue weighted by molar-refractivity contribution is 7.90. The van der Waals surface area contributed by atoms with Gasteiger partial charge < -0.3 is 0 Å². The minimum atomic E-state index is -3.27. The zero-order chi connectivity index (χ0) is 19.7. The molecule has 0 radical (unpaired) electrons. The Morgan fingerprint density at radius 2 is 1.57 bits per heavy atom. The Balaban J connectivity index is 1.87. The molecule has 2 heterocycles. The standard InChI is InChI=1S/C21H15FN2O2S2/c1-28(25,26)18-10-6-15(7-11-18)20-19(14-4-8-17(22)9-5-14)24-21(27-20)16-3-2-12-23-13-16/h2-13H,1H3. The lowest BCUT2D eigenvalue weighted by Gasteiger charge is -2.04. The summed E-state index contributed by atoms with van der Waals surface area (Å²) in [7, 11) is -3.27. The van der Waals surface area contributed by atoms with Gasteiger partial charge in [0.2, 0.25) is 0 Å². The summed E-state index contributed by atoms with van der Waals surface area (Å²) >= 11 is 1.48. The molecule has 0 aliphatic heterocycles. The molecule has 0 saturated carbocycles. The molecule has 0 aliphatic carbocycles. The fourth-order valence-electron chi connectivity index (χ4n) is 2.79. The van der Waals surface area contributed by atoms with Crippen molar-refractivity contribution in [3.63, 3.8) is 0 Å². The Labute approximate surface area is 166 Å². The minimum absolute atomic E-state index is 0.261. The highest BCUT2D eigenvalue weighted by atomic mass is 32.2. The second-order valence-electron chi connectivity index (χ2n) is 6.24. The van der Waals surface area contributed by atoms with E-state index in [4.69, 9.17) is 4.98 Å². The lowest BCUT2D eigenvalue weighted by atomic mass is 10.1. The Morgan fingerprint density at radius 1 is 0.893 bits per heavy atom. The number of sulfone groups is 1. The monoisotopic (exact) mass is 410 g/mol. The molecular weight excluding hydrogens is 395 g/mol. The molecule has 4 nitrogen and oxygen atoms in total. The first-order valence-electron chi connectivity index (χ1n) is 8.39. The molecule has 0 bridgehead atoms. The number of nitrogens with zero attached hydrogens (tertiary/aromatic N) is 2. The van der Waals surface area contributed by atoms with Crippen LogP contribution in [0.15, 0.2) is 78.0 Å². The first-order chi connectivity index (χ1) is 13.4. The van der Waals surface area contributed by atoms with Crippen molar-refractivity contribution in [3.8, 4) is 32.3 Å². The van der Waals surface area contributed by atoms with Gasteiger partial charge in [-0.2, -0.15) is 0 Å². The number of hydrogen-bond donors (Lipinski definition) is 0. The number of pyridine rings is 1. The minimum Gasteiger partial charge on any atom is -0.264 e. The predicted octanol–water partition coefficient (Wildman–Crippen LogP) is 5.08. The van der Waals surface area contributed by atoms with E-state index in [1.54, 1.807) is 48.8 Å². The smallest absolute Gasteiger partial charge is 0.175 e. The Morgan fingerprint density at radius 3 is 2.18 bits per heavy atom. The van der Waals surface area contributed by atoms with E-state index < -0.39 is 9.84 Å². The van der Waals surface area contributed by atoms with Crippen LogP contribution in [0.4, 0.5) is 4.39 Å². The topological polar surface area (TPSA) is 59.9 Å². The fraction of sp³-hybridized carbons (Fsp3) is 0.0476. The SMILES string of the molecule is CS(=O)(=O)c1ccc(-c2sc(-c3cccnc3)nc2-c2ccc(F)cc2)cc1. The molecule has 7 heteroatoms. The summed E-state index contributed by atoms with van der Waals surface area (Å²) in [4.78, 5) is 10.1. The van der Waals surface area contributed by atoms with Crippen LogP contribution in [0, 0.1) is 5.82 Å². The molecule has 0 atom stereocenters. The van der Waals surface area contributed by atoms with Crippen molar-refractivity contribution in [2.24, 2.45) is 0 Å². The predicted molar refractivity (Wildman–Crippen MR) is 109 cm³/mol. The van der Waals surface area contributed by atoms with Crippen molar-refractivity contribution in [2.75, 3.05) is 6.26 Å². The average molecular weight is 410 g/mol. The van der Waals surface area contributed by atoms with Crippen LogP contribution in [0.5, 0.6) is 0 Å². The fourth-order valence-corrected chi connectivity index (χ4v) is 4.50. The molecule has 0 spiro atoms. The van der Waals surface area contributed by atoms with Gasteiger partial charge in [-0.05, 0) is 54.1 Å². The van der Waals surface area contributed by atoms with Gasteiger partial charge in [0.15, 0.2) is 9.84 Å². The normalized spacial score (nSPS) is 11.5. The van der Waals surface area contributed by atoms with Gasteiger partial charge in [0, 0.05) is 29.8 Å². The quantitative estimate of drug-likeness (QED) is 0.471. The molecule has 2 aromatic heterocycles. The van der Waals surface area contributed by atoms with Crippen LogP contribution >= 0.6 is 11.3 Å². The summed E-state index contributed by atoms with van der Waals surface area (Å²) in [6.07, 6.45) is 4.62. The largest absolute Gasteiger partial charge is 0.264 e. The number of thiazole rings is 1. The molecule has 0 N–H and O–H groups in total. The maximum atomic E-state index is 13.4. The van der Waals surface area contributed by atoms with Crippen molar-refractivity contribution in [1.29, 1.82) is 0 Å². The second kappa shape index (κ2) is 7.26. The third-order valence-electron chi connectivity index (χ3n) is 4.20. The highest BCUT2D eigenvalue weighted by Crippen LogP contribution is 2.40. The second-order valence-corrected chi connectivity index (χ2v) is 9.26. The van der Waals surface area contributed by atoms with E-state index in [9.17, 15) is 12.8 Å². The molecule has 0 saturated heterocycles. The Bertz CT molecular complexity index is 1220. The number of rotatable bonds is 4. The Kier molecular flexibility index (Phi) is 4.78. The number of halogens is 1. The molecule has 0 amide bonds. The molecule has 0 fully saturated rings. The van der Waals surface area contributed by atoms with Crippen molar-refractivity contribution >= 4 is 21.2 Å². The summed E-state index contributed by atoms with van der Waals surface area (Å²) in [5.41, 5.74) is 3.24. The lowest BCUT2D eigenvalue weighted by molar-refractivity contribution is 0.602. The van der Waals surface area contributed by atoms with Gasteiger partial charge in [0.05, 0.1) is 15.5 Å².